The molecule has 8 nitrogen and oxygen atoms in total. The van der Waals surface area contributed by atoms with Gasteiger partial charge in [0.25, 0.3) is 0 Å². The minimum Gasteiger partial charge on any atom is -0.493 e. The minimum absolute atomic E-state index is 0.224. The molecule has 1 amide bonds. The average molecular weight is 381 g/mol. The van der Waals surface area contributed by atoms with Gasteiger partial charge in [0, 0.05) is 5.69 Å². The van der Waals surface area contributed by atoms with Crippen molar-refractivity contribution < 1.29 is 14.3 Å². The summed E-state index contributed by atoms with van der Waals surface area (Å²) in [6.45, 7) is 3.97. The van der Waals surface area contributed by atoms with Crippen LogP contribution >= 0.6 is 0 Å². The average Bonchev–Trinajstić information content (AvgIpc) is 3.22. The molecule has 0 radical (unpaired) electrons. The van der Waals surface area contributed by atoms with E-state index in [0.29, 0.717) is 23.7 Å². The second-order valence-corrected chi connectivity index (χ2v) is 6.49. The Labute approximate surface area is 163 Å². The number of carbonyl (C=O) groups excluding carboxylic acids is 1. The van der Waals surface area contributed by atoms with Crippen molar-refractivity contribution in [1.29, 1.82) is 0 Å². The molecular formula is C20H23N5O3. The van der Waals surface area contributed by atoms with Gasteiger partial charge in [0.2, 0.25) is 5.91 Å². The fourth-order valence-electron chi connectivity index (χ4n) is 3.13. The number of nitrogens with one attached hydrogen (secondary N) is 2. The monoisotopic (exact) mass is 381 g/mol. The highest BCUT2D eigenvalue weighted by Gasteiger charge is 2.27. The van der Waals surface area contributed by atoms with E-state index in [0.717, 1.165) is 22.4 Å². The van der Waals surface area contributed by atoms with E-state index < -0.39 is 5.92 Å². The highest BCUT2D eigenvalue weighted by molar-refractivity contribution is 5.96. The van der Waals surface area contributed by atoms with Gasteiger partial charge in [-0.05, 0) is 43.5 Å². The van der Waals surface area contributed by atoms with Crippen LogP contribution in [-0.2, 0) is 11.2 Å². The largest absolute Gasteiger partial charge is 0.493 e. The van der Waals surface area contributed by atoms with Crippen molar-refractivity contribution in [3.63, 3.8) is 0 Å². The van der Waals surface area contributed by atoms with E-state index in [1.54, 1.807) is 20.3 Å². The predicted octanol–water partition coefficient (Wildman–Crippen LogP) is 2.80. The number of aromatic nitrogens is 4. The zero-order valence-corrected chi connectivity index (χ0v) is 16.3. The fourth-order valence-corrected chi connectivity index (χ4v) is 3.13. The number of amides is 1. The van der Waals surface area contributed by atoms with E-state index in [4.69, 9.17) is 9.47 Å². The van der Waals surface area contributed by atoms with Crippen LogP contribution in [0.4, 0.5) is 5.69 Å². The van der Waals surface area contributed by atoms with Crippen molar-refractivity contribution in [2.24, 2.45) is 0 Å². The molecule has 0 aliphatic rings. The van der Waals surface area contributed by atoms with Gasteiger partial charge in [0.15, 0.2) is 17.3 Å². The zero-order valence-electron chi connectivity index (χ0n) is 16.3. The Hall–Kier alpha value is -3.42. The van der Waals surface area contributed by atoms with Crippen LogP contribution in [0.3, 0.4) is 0 Å². The zero-order chi connectivity index (χ0) is 20.1. The summed E-state index contributed by atoms with van der Waals surface area (Å²) in [5, 5.41) is 17.1. The number of carbonyl (C=O) groups is 1. The Morgan fingerprint density at radius 3 is 2.64 bits per heavy atom. The number of tetrazole rings is 1. The first-order chi connectivity index (χ1) is 13.5. The van der Waals surface area contributed by atoms with Crippen LogP contribution < -0.4 is 14.8 Å². The minimum atomic E-state index is -0.652. The third-order valence-corrected chi connectivity index (χ3v) is 4.54. The summed E-state index contributed by atoms with van der Waals surface area (Å²) >= 11 is 0. The lowest BCUT2D eigenvalue weighted by Crippen LogP contribution is -2.24. The maximum absolute atomic E-state index is 13.1. The summed E-state index contributed by atoms with van der Waals surface area (Å²) in [6.07, 6.45) is 0.330. The van der Waals surface area contributed by atoms with Gasteiger partial charge in [-0.2, -0.15) is 5.21 Å². The number of hydrogen-bond donors (Lipinski definition) is 2. The molecule has 1 unspecified atom stereocenters. The number of aromatic amines is 1. The Morgan fingerprint density at radius 2 is 2.00 bits per heavy atom. The van der Waals surface area contributed by atoms with E-state index in [1.807, 2.05) is 44.2 Å². The molecule has 0 spiro atoms. The first kappa shape index (κ1) is 19.3. The number of hydrogen-bond acceptors (Lipinski definition) is 6. The summed E-state index contributed by atoms with van der Waals surface area (Å²) in [4.78, 5) is 13.1. The summed E-state index contributed by atoms with van der Waals surface area (Å²) in [5.41, 5.74) is 3.68. The van der Waals surface area contributed by atoms with Crippen molar-refractivity contribution in [2.75, 3.05) is 19.5 Å². The van der Waals surface area contributed by atoms with E-state index >= 15 is 0 Å². The van der Waals surface area contributed by atoms with Gasteiger partial charge in [0.1, 0.15) is 5.92 Å². The number of H-pyrrole nitrogens is 1. The SMILES string of the molecule is COc1cccc(CC(C(=O)Nc2ccc(C)cc2C)c2nn[nH]n2)c1OC. The van der Waals surface area contributed by atoms with Crippen LogP contribution in [0.5, 0.6) is 11.5 Å². The molecule has 0 aliphatic heterocycles. The molecule has 146 valence electrons. The van der Waals surface area contributed by atoms with Crippen LogP contribution in [0, 0.1) is 13.8 Å². The smallest absolute Gasteiger partial charge is 0.235 e. The Balaban J connectivity index is 1.91. The van der Waals surface area contributed by atoms with E-state index in [2.05, 4.69) is 25.9 Å². The van der Waals surface area contributed by atoms with Gasteiger partial charge in [-0.3, -0.25) is 4.79 Å². The van der Waals surface area contributed by atoms with Crippen LogP contribution in [0.25, 0.3) is 0 Å². The van der Waals surface area contributed by atoms with Crippen LogP contribution in [0.2, 0.25) is 0 Å². The topological polar surface area (TPSA) is 102 Å². The second kappa shape index (κ2) is 8.51. The number of aryl methyl sites for hydroxylation is 2. The lowest BCUT2D eigenvalue weighted by atomic mass is 9.96. The Kier molecular flexibility index (Phi) is 5.88. The summed E-state index contributed by atoms with van der Waals surface area (Å²) in [5.74, 6) is 0.616. The lowest BCUT2D eigenvalue weighted by molar-refractivity contribution is -0.117. The summed E-state index contributed by atoms with van der Waals surface area (Å²) in [7, 11) is 3.14. The molecule has 0 bridgehead atoms. The maximum Gasteiger partial charge on any atom is 0.235 e. The molecule has 28 heavy (non-hydrogen) atoms. The number of rotatable bonds is 7. The maximum atomic E-state index is 13.1. The molecule has 3 aromatic rings. The number of anilines is 1. The molecule has 8 heteroatoms. The van der Waals surface area contributed by atoms with Crippen molar-refractivity contribution in [2.45, 2.75) is 26.2 Å². The molecule has 2 aromatic carbocycles. The van der Waals surface area contributed by atoms with Gasteiger partial charge in [-0.1, -0.05) is 35.0 Å². The van der Waals surface area contributed by atoms with E-state index in [-0.39, 0.29) is 5.91 Å². The highest BCUT2D eigenvalue weighted by atomic mass is 16.5. The molecule has 0 fully saturated rings. The van der Waals surface area contributed by atoms with Gasteiger partial charge in [-0.25, -0.2) is 0 Å². The van der Waals surface area contributed by atoms with Gasteiger partial charge in [-0.15, -0.1) is 10.2 Å². The normalized spacial score (nSPS) is 11.7. The van der Waals surface area contributed by atoms with Crippen LogP contribution in [-0.4, -0.2) is 40.8 Å². The number of ether oxygens (including phenoxy) is 2. The van der Waals surface area contributed by atoms with Crippen molar-refractivity contribution in [1.82, 2.24) is 20.6 Å². The number of para-hydroxylation sites is 1. The predicted molar refractivity (Wildman–Crippen MR) is 105 cm³/mol. The number of methoxy groups -OCH3 is 2. The molecule has 0 saturated heterocycles. The molecule has 2 N–H and O–H groups in total. The van der Waals surface area contributed by atoms with Crippen LogP contribution in [0.1, 0.15) is 28.4 Å². The highest BCUT2D eigenvalue weighted by Crippen LogP contribution is 2.34. The third-order valence-electron chi connectivity index (χ3n) is 4.54. The van der Waals surface area contributed by atoms with Gasteiger partial charge in [0.05, 0.1) is 14.2 Å². The van der Waals surface area contributed by atoms with E-state index in [1.165, 1.54) is 0 Å². The van der Waals surface area contributed by atoms with Crippen molar-refractivity contribution >= 4 is 11.6 Å². The molecule has 3 rings (SSSR count). The second-order valence-electron chi connectivity index (χ2n) is 6.49. The molecule has 0 saturated carbocycles. The van der Waals surface area contributed by atoms with E-state index in [9.17, 15) is 4.79 Å². The molecule has 1 atom stereocenters. The Morgan fingerprint density at radius 1 is 1.18 bits per heavy atom. The Bertz CT molecular complexity index is 956. The first-order valence-corrected chi connectivity index (χ1v) is 8.84. The molecule has 1 heterocycles. The standard InChI is InChI=1S/C20H23N5O3/c1-12-8-9-16(13(2)10-12)21-20(26)15(19-22-24-25-23-19)11-14-6-5-7-17(27-3)18(14)28-4/h5-10,15H,11H2,1-4H3,(H,21,26)(H,22,23,24,25). The third kappa shape index (κ3) is 4.11. The molecule has 0 aliphatic carbocycles. The van der Waals surface area contributed by atoms with Gasteiger partial charge < -0.3 is 14.8 Å². The summed E-state index contributed by atoms with van der Waals surface area (Å²) < 4.78 is 10.9. The quantitative estimate of drug-likeness (QED) is 0.652. The fraction of sp³-hybridized carbons (Fsp3) is 0.300. The molecule has 1 aromatic heterocycles. The number of nitrogens with zero attached hydrogens (tertiary/aromatic N) is 3. The van der Waals surface area contributed by atoms with Crippen LogP contribution in [0.15, 0.2) is 36.4 Å². The summed E-state index contributed by atoms with van der Waals surface area (Å²) in [6, 6.07) is 11.4. The number of benzene rings is 2. The molecular weight excluding hydrogens is 358 g/mol. The lowest BCUT2D eigenvalue weighted by Gasteiger charge is -2.18. The first-order valence-electron chi connectivity index (χ1n) is 8.84. The van der Waals surface area contributed by atoms with Gasteiger partial charge >= 0.3 is 0 Å². The van der Waals surface area contributed by atoms with Crippen molar-refractivity contribution in [3.05, 3.63) is 58.9 Å². The van der Waals surface area contributed by atoms with Crippen molar-refractivity contribution in [3.8, 4) is 11.5 Å².